The van der Waals surface area contributed by atoms with Gasteiger partial charge in [0.05, 0.1) is 0 Å². The number of hydrogen-bond donors (Lipinski definition) is 0. The first kappa shape index (κ1) is 10.5. The van der Waals surface area contributed by atoms with Crippen molar-refractivity contribution in [3.05, 3.63) is 67.0 Å². The van der Waals surface area contributed by atoms with Crippen LogP contribution in [0.5, 0.6) is 0 Å². The maximum Gasteiger partial charge on any atom is 0.0270 e. The Bertz CT molecular complexity index is 322. The molecule has 0 bridgehead atoms. The Hall–Kier alpha value is -1.63. The van der Waals surface area contributed by atoms with Gasteiger partial charge in [-0.3, -0.25) is 4.98 Å². The van der Waals surface area contributed by atoms with Crippen LogP contribution in [0.2, 0.25) is 0 Å². The van der Waals surface area contributed by atoms with Crippen LogP contribution in [0.3, 0.4) is 0 Å². The highest BCUT2D eigenvalue weighted by atomic mass is 14.6. The molecular weight excluding hydrogens is 170 g/mol. The van der Waals surface area contributed by atoms with Crippen LogP contribution in [-0.2, 0) is 6.42 Å². The van der Waals surface area contributed by atoms with Crippen molar-refractivity contribution >= 4 is 0 Å². The van der Waals surface area contributed by atoms with Gasteiger partial charge in [-0.15, -0.1) is 0 Å². The van der Waals surface area contributed by atoms with Crippen molar-refractivity contribution in [2.75, 3.05) is 0 Å². The SMILES string of the molecule is C=C/C=C(\C=C)CCc1ccncc1. The van der Waals surface area contributed by atoms with E-state index in [1.54, 1.807) is 6.08 Å². The standard InChI is InChI=1S/C13H15N/c1-3-5-12(4-2)6-7-13-8-10-14-11-9-13/h3-5,8-11H,1-2,6-7H2/b12-5+. The van der Waals surface area contributed by atoms with Gasteiger partial charge in [-0.25, -0.2) is 0 Å². The Morgan fingerprint density at radius 1 is 1.29 bits per heavy atom. The molecule has 1 aromatic rings. The topological polar surface area (TPSA) is 12.9 Å². The lowest BCUT2D eigenvalue weighted by atomic mass is 10.1. The summed E-state index contributed by atoms with van der Waals surface area (Å²) in [6, 6.07) is 4.07. The molecule has 0 aliphatic carbocycles. The van der Waals surface area contributed by atoms with E-state index in [0.29, 0.717) is 0 Å². The zero-order chi connectivity index (χ0) is 10.2. The maximum absolute atomic E-state index is 3.98. The molecule has 0 unspecified atom stereocenters. The number of aryl methyl sites for hydroxylation is 1. The minimum absolute atomic E-state index is 1.000. The second kappa shape index (κ2) is 5.92. The van der Waals surface area contributed by atoms with Crippen LogP contribution in [0, 0.1) is 0 Å². The molecule has 0 radical (unpaired) electrons. The van der Waals surface area contributed by atoms with Gasteiger partial charge >= 0.3 is 0 Å². The second-order valence-electron chi connectivity index (χ2n) is 3.04. The minimum atomic E-state index is 1.000. The molecule has 0 N–H and O–H groups in total. The lowest BCUT2D eigenvalue weighted by molar-refractivity contribution is 0.961. The zero-order valence-electron chi connectivity index (χ0n) is 8.32. The molecule has 1 nitrogen and oxygen atoms in total. The van der Waals surface area contributed by atoms with Crippen molar-refractivity contribution in [2.24, 2.45) is 0 Å². The Morgan fingerprint density at radius 3 is 2.57 bits per heavy atom. The molecule has 0 fully saturated rings. The molecular formula is C13H15N. The predicted octanol–water partition coefficient (Wildman–Crippen LogP) is 3.31. The van der Waals surface area contributed by atoms with Crippen LogP contribution in [0.1, 0.15) is 12.0 Å². The number of rotatable bonds is 5. The average Bonchev–Trinajstić information content (AvgIpc) is 2.25. The fraction of sp³-hybridized carbons (Fsp3) is 0.154. The summed E-state index contributed by atoms with van der Waals surface area (Å²) in [6.45, 7) is 7.43. The van der Waals surface area contributed by atoms with Gasteiger partial charge in [0, 0.05) is 12.4 Å². The largest absolute Gasteiger partial charge is 0.265 e. The quantitative estimate of drug-likeness (QED) is 0.641. The molecule has 1 heteroatoms. The van der Waals surface area contributed by atoms with E-state index in [9.17, 15) is 0 Å². The van der Waals surface area contributed by atoms with E-state index in [4.69, 9.17) is 0 Å². The molecule has 1 aromatic heterocycles. The third-order valence-corrected chi connectivity index (χ3v) is 2.05. The average molecular weight is 185 g/mol. The van der Waals surface area contributed by atoms with Gasteiger partial charge in [0.1, 0.15) is 0 Å². The number of allylic oxidation sites excluding steroid dienone is 4. The highest BCUT2D eigenvalue weighted by molar-refractivity contribution is 5.23. The van der Waals surface area contributed by atoms with Crippen molar-refractivity contribution in [3.8, 4) is 0 Å². The Labute approximate surface area is 85.5 Å². The second-order valence-corrected chi connectivity index (χ2v) is 3.04. The summed E-state index contributed by atoms with van der Waals surface area (Å²) in [5.41, 5.74) is 2.52. The summed E-state index contributed by atoms with van der Waals surface area (Å²) in [5, 5.41) is 0. The molecule has 0 aliphatic rings. The molecule has 0 atom stereocenters. The Morgan fingerprint density at radius 2 is 2.00 bits per heavy atom. The Balaban J connectivity index is 2.52. The van der Waals surface area contributed by atoms with E-state index in [-0.39, 0.29) is 0 Å². The summed E-state index contributed by atoms with van der Waals surface area (Å²) in [4.78, 5) is 3.98. The van der Waals surface area contributed by atoms with Gasteiger partial charge < -0.3 is 0 Å². The number of pyridine rings is 1. The van der Waals surface area contributed by atoms with Crippen LogP contribution < -0.4 is 0 Å². The fourth-order valence-electron chi connectivity index (χ4n) is 1.24. The van der Waals surface area contributed by atoms with Crippen molar-refractivity contribution in [2.45, 2.75) is 12.8 Å². The molecule has 0 saturated carbocycles. The van der Waals surface area contributed by atoms with Gasteiger partial charge in [0.15, 0.2) is 0 Å². The highest BCUT2D eigenvalue weighted by Gasteiger charge is 1.93. The summed E-state index contributed by atoms with van der Waals surface area (Å²) in [7, 11) is 0. The molecule has 14 heavy (non-hydrogen) atoms. The highest BCUT2D eigenvalue weighted by Crippen LogP contribution is 2.09. The van der Waals surface area contributed by atoms with Gasteiger partial charge in [-0.1, -0.05) is 31.4 Å². The molecule has 72 valence electrons. The van der Waals surface area contributed by atoms with Crippen molar-refractivity contribution in [1.29, 1.82) is 0 Å². The lowest BCUT2D eigenvalue weighted by Gasteiger charge is -2.01. The van der Waals surface area contributed by atoms with Crippen molar-refractivity contribution < 1.29 is 0 Å². The van der Waals surface area contributed by atoms with Gasteiger partial charge in [0.2, 0.25) is 0 Å². The summed E-state index contributed by atoms with van der Waals surface area (Å²) in [5.74, 6) is 0. The predicted molar refractivity (Wildman–Crippen MR) is 61.0 cm³/mol. The molecule has 0 amide bonds. The summed E-state index contributed by atoms with van der Waals surface area (Å²) >= 11 is 0. The first-order valence-corrected chi connectivity index (χ1v) is 4.69. The minimum Gasteiger partial charge on any atom is -0.265 e. The third kappa shape index (κ3) is 3.40. The van der Waals surface area contributed by atoms with E-state index in [1.807, 2.05) is 36.7 Å². The van der Waals surface area contributed by atoms with Gasteiger partial charge in [0.25, 0.3) is 0 Å². The van der Waals surface area contributed by atoms with Crippen LogP contribution >= 0.6 is 0 Å². The van der Waals surface area contributed by atoms with Crippen LogP contribution in [0.4, 0.5) is 0 Å². The molecule has 0 aromatic carbocycles. The molecule has 1 rings (SSSR count). The van der Waals surface area contributed by atoms with Crippen LogP contribution in [-0.4, -0.2) is 4.98 Å². The zero-order valence-corrected chi connectivity index (χ0v) is 8.32. The molecule has 1 heterocycles. The van der Waals surface area contributed by atoms with E-state index < -0.39 is 0 Å². The fourth-order valence-corrected chi connectivity index (χ4v) is 1.24. The third-order valence-electron chi connectivity index (χ3n) is 2.05. The summed E-state index contributed by atoms with van der Waals surface area (Å²) in [6.07, 6.45) is 11.3. The van der Waals surface area contributed by atoms with Crippen LogP contribution in [0.15, 0.2) is 61.5 Å². The lowest BCUT2D eigenvalue weighted by Crippen LogP contribution is -1.87. The number of aromatic nitrogens is 1. The maximum atomic E-state index is 3.98. The number of nitrogens with zero attached hydrogens (tertiary/aromatic N) is 1. The van der Waals surface area contributed by atoms with Crippen LogP contribution in [0.25, 0.3) is 0 Å². The molecule has 0 aliphatic heterocycles. The summed E-state index contributed by atoms with van der Waals surface area (Å²) < 4.78 is 0. The van der Waals surface area contributed by atoms with E-state index in [0.717, 1.165) is 12.8 Å². The molecule has 0 spiro atoms. The molecule has 0 saturated heterocycles. The number of hydrogen-bond acceptors (Lipinski definition) is 1. The Kier molecular flexibility index (Phi) is 4.42. The van der Waals surface area contributed by atoms with Gasteiger partial charge in [-0.05, 0) is 36.1 Å². The van der Waals surface area contributed by atoms with E-state index >= 15 is 0 Å². The first-order chi connectivity index (χ1) is 6.86. The monoisotopic (exact) mass is 185 g/mol. The normalized spacial score (nSPS) is 11.0. The van der Waals surface area contributed by atoms with Crippen molar-refractivity contribution in [3.63, 3.8) is 0 Å². The van der Waals surface area contributed by atoms with E-state index in [2.05, 4.69) is 18.1 Å². The first-order valence-electron chi connectivity index (χ1n) is 4.69. The van der Waals surface area contributed by atoms with Crippen molar-refractivity contribution in [1.82, 2.24) is 4.98 Å². The van der Waals surface area contributed by atoms with Gasteiger partial charge in [-0.2, -0.15) is 0 Å². The van der Waals surface area contributed by atoms with E-state index in [1.165, 1.54) is 11.1 Å². The smallest absolute Gasteiger partial charge is 0.0270 e.